The molecule has 0 unspecified atom stereocenters. The molecule has 1 amide bonds. The summed E-state index contributed by atoms with van der Waals surface area (Å²) in [5.41, 5.74) is -0.0544. The van der Waals surface area contributed by atoms with Crippen molar-refractivity contribution in [1.29, 1.82) is 0 Å². The molecule has 96 valence electrons. The summed E-state index contributed by atoms with van der Waals surface area (Å²) in [4.78, 5) is 10.7. The molecule has 1 atom stereocenters. The van der Waals surface area contributed by atoms with E-state index < -0.39 is 17.8 Å². The van der Waals surface area contributed by atoms with Crippen LogP contribution < -0.4 is 5.32 Å². The Morgan fingerprint density at radius 2 is 1.94 bits per heavy atom. The second-order valence-corrected chi connectivity index (χ2v) is 3.83. The van der Waals surface area contributed by atoms with Crippen LogP contribution >= 0.6 is 0 Å². The zero-order chi connectivity index (χ0) is 13.2. The van der Waals surface area contributed by atoms with Crippen molar-refractivity contribution in [2.45, 2.75) is 12.2 Å². The van der Waals surface area contributed by atoms with E-state index in [1.807, 2.05) is 0 Å². The van der Waals surface area contributed by atoms with E-state index in [2.05, 4.69) is 10.1 Å². The minimum Gasteiger partial charge on any atom is -0.447 e. The number of hydrogen-bond acceptors (Lipinski definition) is 2. The van der Waals surface area contributed by atoms with Gasteiger partial charge in [0.05, 0.1) is 11.6 Å². The summed E-state index contributed by atoms with van der Waals surface area (Å²) < 4.78 is 41.6. The Morgan fingerprint density at radius 1 is 1.28 bits per heavy atom. The molecule has 1 fully saturated rings. The van der Waals surface area contributed by atoms with Crippen LogP contribution in [0.15, 0.2) is 30.3 Å². The normalized spacial score (nSPS) is 19.9. The first-order chi connectivity index (χ1) is 8.45. The Bertz CT molecular complexity index is 465. The van der Waals surface area contributed by atoms with E-state index in [1.54, 1.807) is 12.2 Å². The highest BCUT2D eigenvalue weighted by Gasteiger charge is 2.29. The van der Waals surface area contributed by atoms with Crippen molar-refractivity contribution in [3.8, 4) is 0 Å². The van der Waals surface area contributed by atoms with Gasteiger partial charge in [-0.1, -0.05) is 24.3 Å². The third kappa shape index (κ3) is 3.03. The van der Waals surface area contributed by atoms with Gasteiger partial charge in [-0.05, 0) is 17.7 Å². The summed E-state index contributed by atoms with van der Waals surface area (Å²) in [6.07, 6.45) is -1.50. The van der Waals surface area contributed by atoms with Crippen LogP contribution in [0.1, 0.15) is 11.1 Å². The molecular formula is C12H10F3NO2. The molecule has 1 aromatic carbocycles. The smallest absolute Gasteiger partial charge is 0.416 e. The van der Waals surface area contributed by atoms with E-state index >= 15 is 0 Å². The molecule has 0 saturated carbocycles. The van der Waals surface area contributed by atoms with Crippen LogP contribution in [0.2, 0.25) is 0 Å². The molecular weight excluding hydrogens is 247 g/mol. The van der Waals surface area contributed by atoms with Crippen LogP contribution in [0, 0.1) is 0 Å². The first kappa shape index (κ1) is 12.5. The fraction of sp³-hybridized carbons (Fsp3) is 0.250. The Hall–Kier alpha value is -1.98. The van der Waals surface area contributed by atoms with Crippen molar-refractivity contribution in [3.05, 3.63) is 41.5 Å². The fourth-order valence-electron chi connectivity index (χ4n) is 1.51. The Balaban J connectivity index is 2.02. The van der Waals surface area contributed by atoms with E-state index in [-0.39, 0.29) is 12.6 Å². The van der Waals surface area contributed by atoms with Gasteiger partial charge in [0, 0.05) is 0 Å². The lowest BCUT2D eigenvalue weighted by Gasteiger charge is -2.06. The Morgan fingerprint density at radius 3 is 2.44 bits per heavy atom. The molecule has 3 nitrogen and oxygen atoms in total. The number of benzene rings is 1. The highest BCUT2D eigenvalue weighted by Crippen LogP contribution is 2.29. The lowest BCUT2D eigenvalue weighted by molar-refractivity contribution is -0.137. The molecule has 1 aliphatic heterocycles. The maximum Gasteiger partial charge on any atom is 0.416 e. The summed E-state index contributed by atoms with van der Waals surface area (Å²) in [6.45, 7) is 0.232. The van der Waals surface area contributed by atoms with E-state index in [0.29, 0.717) is 5.56 Å². The summed E-state index contributed by atoms with van der Waals surface area (Å²) in [6, 6.07) is 4.54. The maximum atomic E-state index is 12.3. The Kier molecular flexibility index (Phi) is 3.27. The molecule has 1 N–H and O–H groups in total. The lowest BCUT2D eigenvalue weighted by atomic mass is 10.1. The number of halogens is 3. The number of nitrogens with one attached hydrogen (secondary N) is 1. The van der Waals surface area contributed by atoms with E-state index in [1.165, 1.54) is 12.1 Å². The van der Waals surface area contributed by atoms with Gasteiger partial charge in [0.25, 0.3) is 0 Å². The molecule has 1 saturated heterocycles. The number of rotatable bonds is 2. The maximum absolute atomic E-state index is 12.3. The predicted molar refractivity (Wildman–Crippen MR) is 58.7 cm³/mol. The highest BCUT2D eigenvalue weighted by molar-refractivity contribution is 5.70. The molecule has 2 rings (SSSR count). The Labute approximate surface area is 101 Å². The van der Waals surface area contributed by atoms with Gasteiger partial charge in [-0.25, -0.2) is 4.79 Å². The zero-order valence-corrected chi connectivity index (χ0v) is 9.20. The van der Waals surface area contributed by atoms with E-state index in [9.17, 15) is 18.0 Å². The lowest BCUT2D eigenvalue weighted by Crippen LogP contribution is -2.23. The number of ether oxygens (including phenoxy) is 1. The van der Waals surface area contributed by atoms with Crippen molar-refractivity contribution in [2.75, 3.05) is 6.61 Å². The summed E-state index contributed by atoms with van der Waals surface area (Å²) in [5, 5.41) is 2.53. The summed E-state index contributed by atoms with van der Waals surface area (Å²) in [5.74, 6) is 0. The average Bonchev–Trinajstić information content (AvgIpc) is 2.72. The molecule has 0 spiro atoms. The summed E-state index contributed by atoms with van der Waals surface area (Å²) in [7, 11) is 0. The van der Waals surface area contributed by atoms with Gasteiger partial charge in [-0.2, -0.15) is 13.2 Å². The number of alkyl carbamates (subject to hydrolysis) is 1. The van der Waals surface area contributed by atoms with Crippen molar-refractivity contribution >= 4 is 12.2 Å². The van der Waals surface area contributed by atoms with Gasteiger partial charge in [-0.3, -0.25) is 0 Å². The van der Waals surface area contributed by atoms with Gasteiger partial charge >= 0.3 is 12.3 Å². The third-order valence-electron chi connectivity index (χ3n) is 2.46. The fourth-order valence-corrected chi connectivity index (χ4v) is 1.51. The first-order valence-electron chi connectivity index (χ1n) is 5.24. The van der Waals surface area contributed by atoms with Gasteiger partial charge in [0.15, 0.2) is 0 Å². The predicted octanol–water partition coefficient (Wildman–Crippen LogP) is 2.83. The second-order valence-electron chi connectivity index (χ2n) is 3.83. The molecule has 0 aliphatic carbocycles. The molecule has 1 aliphatic rings. The standard InChI is InChI=1S/C12H10F3NO2/c13-12(14,15)9-4-1-8(2-5-9)3-6-10-7-18-11(17)16-10/h1-6,10H,7H2,(H,16,17)/b6-3+/t10-/m0/s1. The van der Waals surface area contributed by atoms with Crippen molar-refractivity contribution in [1.82, 2.24) is 5.32 Å². The highest BCUT2D eigenvalue weighted by atomic mass is 19.4. The average molecular weight is 257 g/mol. The molecule has 1 heterocycles. The number of cyclic esters (lactones) is 1. The van der Waals surface area contributed by atoms with E-state index in [0.717, 1.165) is 12.1 Å². The number of alkyl halides is 3. The van der Waals surface area contributed by atoms with Crippen LogP contribution in [-0.4, -0.2) is 18.7 Å². The van der Waals surface area contributed by atoms with Gasteiger partial charge in [0.2, 0.25) is 0 Å². The van der Waals surface area contributed by atoms with Crippen molar-refractivity contribution in [2.24, 2.45) is 0 Å². The topological polar surface area (TPSA) is 38.3 Å². The van der Waals surface area contributed by atoms with Crippen molar-refractivity contribution in [3.63, 3.8) is 0 Å². The van der Waals surface area contributed by atoms with Crippen LogP contribution in [0.25, 0.3) is 6.08 Å². The quantitative estimate of drug-likeness (QED) is 0.884. The minimum absolute atomic E-state index is 0.232. The molecule has 0 aromatic heterocycles. The molecule has 0 bridgehead atoms. The molecule has 6 heteroatoms. The second kappa shape index (κ2) is 4.72. The number of carbonyl (C=O) groups is 1. The van der Waals surface area contributed by atoms with Crippen LogP contribution in [0.5, 0.6) is 0 Å². The van der Waals surface area contributed by atoms with Crippen LogP contribution in [0.3, 0.4) is 0 Å². The number of carbonyl (C=O) groups excluding carboxylic acids is 1. The minimum atomic E-state index is -4.32. The monoisotopic (exact) mass is 257 g/mol. The molecule has 0 radical (unpaired) electrons. The largest absolute Gasteiger partial charge is 0.447 e. The van der Waals surface area contributed by atoms with E-state index in [4.69, 9.17) is 0 Å². The van der Waals surface area contributed by atoms with Crippen LogP contribution in [-0.2, 0) is 10.9 Å². The molecule has 1 aromatic rings. The number of amides is 1. The van der Waals surface area contributed by atoms with Gasteiger partial charge in [-0.15, -0.1) is 0 Å². The van der Waals surface area contributed by atoms with Crippen molar-refractivity contribution < 1.29 is 22.7 Å². The first-order valence-corrected chi connectivity index (χ1v) is 5.24. The van der Waals surface area contributed by atoms with Crippen LogP contribution in [0.4, 0.5) is 18.0 Å². The third-order valence-corrected chi connectivity index (χ3v) is 2.46. The molecule has 18 heavy (non-hydrogen) atoms. The number of hydrogen-bond donors (Lipinski definition) is 1. The summed E-state index contributed by atoms with van der Waals surface area (Å²) >= 11 is 0. The zero-order valence-electron chi connectivity index (χ0n) is 9.20. The van der Waals surface area contributed by atoms with Gasteiger partial charge < -0.3 is 10.1 Å². The SMILES string of the molecule is O=C1N[C@@H](/C=C/c2ccc(C(F)(F)F)cc2)CO1. The van der Waals surface area contributed by atoms with Gasteiger partial charge in [0.1, 0.15) is 6.61 Å².